The van der Waals surface area contributed by atoms with Crippen LogP contribution < -0.4 is 4.74 Å². The van der Waals surface area contributed by atoms with Gasteiger partial charge in [-0.1, -0.05) is 31.2 Å². The molecule has 1 aromatic rings. The molecule has 0 unspecified atom stereocenters. The van der Waals surface area contributed by atoms with Gasteiger partial charge in [-0.25, -0.2) is 0 Å². The van der Waals surface area contributed by atoms with Crippen LogP contribution in [0.3, 0.4) is 0 Å². The fourth-order valence-corrected chi connectivity index (χ4v) is 1.84. The molecule has 19 heavy (non-hydrogen) atoms. The quantitative estimate of drug-likeness (QED) is 0.573. The van der Waals surface area contributed by atoms with E-state index >= 15 is 0 Å². The Labute approximate surface area is 114 Å². The number of unbranched alkanes of at least 4 members (excludes halogenated alkanes) is 1. The highest BCUT2D eigenvalue weighted by Gasteiger charge is 2.08. The number of rotatable bonds is 8. The SMILES string of the molecule is CC/C=C\CCCOc1cccc(CC(=O)O)c1C. The van der Waals surface area contributed by atoms with E-state index in [0.717, 1.165) is 36.1 Å². The van der Waals surface area contributed by atoms with Crippen LogP contribution in [0.4, 0.5) is 0 Å². The van der Waals surface area contributed by atoms with Gasteiger partial charge in [0.25, 0.3) is 0 Å². The van der Waals surface area contributed by atoms with Crippen molar-refractivity contribution in [1.29, 1.82) is 0 Å². The van der Waals surface area contributed by atoms with Crippen molar-refractivity contribution in [2.24, 2.45) is 0 Å². The Hall–Kier alpha value is -1.77. The average Bonchev–Trinajstić information content (AvgIpc) is 2.37. The number of hydrogen-bond donors (Lipinski definition) is 1. The summed E-state index contributed by atoms with van der Waals surface area (Å²) in [5.41, 5.74) is 1.74. The highest BCUT2D eigenvalue weighted by Crippen LogP contribution is 2.22. The summed E-state index contributed by atoms with van der Waals surface area (Å²) in [6, 6.07) is 5.57. The van der Waals surface area contributed by atoms with Gasteiger partial charge in [0.15, 0.2) is 0 Å². The minimum absolute atomic E-state index is 0.0439. The van der Waals surface area contributed by atoms with E-state index < -0.39 is 5.97 Å². The first-order valence-electron chi connectivity index (χ1n) is 6.73. The van der Waals surface area contributed by atoms with Crippen LogP contribution in [0, 0.1) is 6.92 Å². The van der Waals surface area contributed by atoms with Crippen LogP contribution in [0.2, 0.25) is 0 Å². The first-order valence-corrected chi connectivity index (χ1v) is 6.73. The third-order valence-electron chi connectivity index (χ3n) is 2.91. The topological polar surface area (TPSA) is 46.5 Å². The summed E-state index contributed by atoms with van der Waals surface area (Å²) in [7, 11) is 0. The number of aliphatic carboxylic acids is 1. The summed E-state index contributed by atoms with van der Waals surface area (Å²) < 4.78 is 5.71. The summed E-state index contributed by atoms with van der Waals surface area (Å²) >= 11 is 0. The van der Waals surface area contributed by atoms with Crippen molar-refractivity contribution < 1.29 is 14.6 Å². The molecule has 0 amide bonds. The van der Waals surface area contributed by atoms with Crippen molar-refractivity contribution in [3.05, 3.63) is 41.5 Å². The molecule has 3 nitrogen and oxygen atoms in total. The Morgan fingerprint density at radius 3 is 2.84 bits per heavy atom. The van der Waals surface area contributed by atoms with Gasteiger partial charge < -0.3 is 9.84 Å². The fourth-order valence-electron chi connectivity index (χ4n) is 1.84. The molecule has 0 bridgehead atoms. The molecule has 0 aliphatic rings. The lowest BCUT2D eigenvalue weighted by Gasteiger charge is -2.11. The summed E-state index contributed by atoms with van der Waals surface area (Å²) in [4.78, 5) is 10.7. The van der Waals surface area contributed by atoms with Crippen LogP contribution in [0.1, 0.15) is 37.3 Å². The lowest BCUT2D eigenvalue weighted by atomic mass is 10.1. The van der Waals surface area contributed by atoms with E-state index in [0.29, 0.717) is 6.61 Å². The molecule has 0 heterocycles. The summed E-state index contributed by atoms with van der Waals surface area (Å²) in [5.74, 6) is -0.0248. The maximum atomic E-state index is 10.7. The largest absolute Gasteiger partial charge is 0.493 e. The second kappa shape index (κ2) is 8.35. The van der Waals surface area contributed by atoms with Crippen molar-refractivity contribution in [1.82, 2.24) is 0 Å². The second-order valence-corrected chi connectivity index (χ2v) is 4.48. The van der Waals surface area contributed by atoms with E-state index in [1.54, 1.807) is 0 Å². The standard InChI is InChI=1S/C16H22O3/c1-3-4-5-6-7-11-19-15-10-8-9-14(13(15)2)12-16(17)18/h4-5,8-10H,3,6-7,11-12H2,1-2H3,(H,17,18)/b5-4-. The maximum Gasteiger partial charge on any atom is 0.307 e. The van der Waals surface area contributed by atoms with Gasteiger partial charge in [0.2, 0.25) is 0 Å². The fraction of sp³-hybridized carbons (Fsp3) is 0.438. The molecule has 0 aliphatic carbocycles. The lowest BCUT2D eigenvalue weighted by Crippen LogP contribution is -2.04. The molecule has 104 valence electrons. The zero-order chi connectivity index (χ0) is 14.1. The van der Waals surface area contributed by atoms with E-state index in [2.05, 4.69) is 19.1 Å². The zero-order valence-corrected chi connectivity index (χ0v) is 11.7. The summed E-state index contributed by atoms with van der Waals surface area (Å²) in [6.45, 7) is 4.68. The Kier molecular flexibility index (Phi) is 6.72. The van der Waals surface area contributed by atoms with Gasteiger partial charge in [0.1, 0.15) is 5.75 Å². The molecule has 0 aliphatic heterocycles. The molecule has 1 aromatic carbocycles. The van der Waals surface area contributed by atoms with Crippen LogP contribution >= 0.6 is 0 Å². The Balaban J connectivity index is 2.49. The van der Waals surface area contributed by atoms with E-state index in [-0.39, 0.29) is 6.42 Å². The van der Waals surface area contributed by atoms with E-state index in [1.165, 1.54) is 0 Å². The highest BCUT2D eigenvalue weighted by atomic mass is 16.5. The molecule has 0 spiro atoms. The molecule has 3 heteroatoms. The molecule has 0 atom stereocenters. The van der Waals surface area contributed by atoms with Crippen LogP contribution in [0.25, 0.3) is 0 Å². The molecular weight excluding hydrogens is 240 g/mol. The van der Waals surface area contributed by atoms with Gasteiger partial charge in [-0.05, 0) is 43.4 Å². The molecule has 1 N–H and O–H groups in total. The normalized spacial score (nSPS) is 10.8. The molecule has 1 rings (SSSR count). The molecular formula is C16H22O3. The maximum absolute atomic E-state index is 10.7. The summed E-state index contributed by atoms with van der Waals surface area (Å²) in [6.07, 6.45) is 7.41. The molecule has 0 saturated heterocycles. The molecule has 0 aromatic heterocycles. The first kappa shape index (κ1) is 15.3. The number of ether oxygens (including phenoxy) is 1. The van der Waals surface area contributed by atoms with Crippen LogP contribution in [0.5, 0.6) is 5.75 Å². The Morgan fingerprint density at radius 1 is 1.37 bits per heavy atom. The Bertz CT molecular complexity index is 436. The van der Waals surface area contributed by atoms with Gasteiger partial charge in [0.05, 0.1) is 13.0 Å². The van der Waals surface area contributed by atoms with E-state index in [1.807, 2.05) is 25.1 Å². The van der Waals surface area contributed by atoms with Gasteiger partial charge >= 0.3 is 5.97 Å². The van der Waals surface area contributed by atoms with Crippen LogP contribution in [-0.2, 0) is 11.2 Å². The van der Waals surface area contributed by atoms with Crippen molar-refractivity contribution >= 4 is 5.97 Å². The number of benzene rings is 1. The second-order valence-electron chi connectivity index (χ2n) is 4.48. The number of hydrogen-bond acceptors (Lipinski definition) is 2. The predicted octanol–water partition coefficient (Wildman–Crippen LogP) is 3.75. The van der Waals surface area contributed by atoms with Crippen molar-refractivity contribution in [3.8, 4) is 5.75 Å². The zero-order valence-electron chi connectivity index (χ0n) is 11.7. The number of allylic oxidation sites excluding steroid dienone is 2. The molecule has 0 fully saturated rings. The smallest absolute Gasteiger partial charge is 0.307 e. The van der Waals surface area contributed by atoms with Gasteiger partial charge in [0, 0.05) is 0 Å². The summed E-state index contributed by atoms with van der Waals surface area (Å²) in [5, 5.41) is 8.83. The van der Waals surface area contributed by atoms with Gasteiger partial charge in [-0.3, -0.25) is 4.79 Å². The minimum atomic E-state index is -0.815. The van der Waals surface area contributed by atoms with Gasteiger partial charge in [-0.2, -0.15) is 0 Å². The number of carboxylic acids is 1. The first-order chi connectivity index (χ1) is 9.15. The highest BCUT2D eigenvalue weighted by molar-refractivity contribution is 5.71. The van der Waals surface area contributed by atoms with Crippen molar-refractivity contribution in [2.75, 3.05) is 6.61 Å². The lowest BCUT2D eigenvalue weighted by molar-refractivity contribution is -0.136. The molecule has 0 saturated carbocycles. The predicted molar refractivity (Wildman–Crippen MR) is 76.7 cm³/mol. The average molecular weight is 262 g/mol. The number of carboxylic acid groups (broad SMARTS) is 1. The van der Waals surface area contributed by atoms with Gasteiger partial charge in [-0.15, -0.1) is 0 Å². The Morgan fingerprint density at radius 2 is 2.16 bits per heavy atom. The van der Waals surface area contributed by atoms with E-state index in [9.17, 15) is 4.79 Å². The van der Waals surface area contributed by atoms with Crippen molar-refractivity contribution in [3.63, 3.8) is 0 Å². The van der Waals surface area contributed by atoms with Crippen molar-refractivity contribution in [2.45, 2.75) is 39.5 Å². The number of carbonyl (C=O) groups is 1. The monoisotopic (exact) mass is 262 g/mol. The van der Waals surface area contributed by atoms with Crippen LogP contribution in [-0.4, -0.2) is 17.7 Å². The third-order valence-corrected chi connectivity index (χ3v) is 2.91. The third kappa shape index (κ3) is 5.60. The molecule has 0 radical (unpaired) electrons. The van der Waals surface area contributed by atoms with E-state index in [4.69, 9.17) is 9.84 Å². The minimum Gasteiger partial charge on any atom is -0.493 e. The van der Waals surface area contributed by atoms with Crippen LogP contribution in [0.15, 0.2) is 30.4 Å².